The Morgan fingerprint density at radius 1 is 1.15 bits per heavy atom. The summed E-state index contributed by atoms with van der Waals surface area (Å²) in [5.41, 5.74) is 0. The molecule has 5 heteroatoms. The van der Waals surface area contributed by atoms with Crippen LogP contribution in [-0.4, -0.2) is 37.7 Å². The molecule has 0 radical (unpaired) electrons. The Balaban J connectivity index is 1.48. The van der Waals surface area contributed by atoms with Crippen LogP contribution in [0, 0.1) is 5.92 Å². The Labute approximate surface area is 163 Å². The molecule has 2 aliphatic rings. The van der Waals surface area contributed by atoms with E-state index in [1.54, 1.807) is 0 Å². The number of benzene rings is 1. The molecular weight excluding hydrogens is 340 g/mol. The van der Waals surface area contributed by atoms with Crippen molar-refractivity contribution in [2.45, 2.75) is 70.4 Å². The van der Waals surface area contributed by atoms with Crippen molar-refractivity contribution >= 4 is 5.91 Å². The fraction of sp³-hybridized carbons (Fsp3) is 0.682. The molecule has 1 aromatic carbocycles. The van der Waals surface area contributed by atoms with Gasteiger partial charge in [0.15, 0.2) is 0 Å². The van der Waals surface area contributed by atoms with Gasteiger partial charge in [-0.25, -0.2) is 0 Å². The number of hydrogen-bond acceptors (Lipinski definition) is 4. The van der Waals surface area contributed by atoms with Crippen LogP contribution in [0.5, 0.6) is 11.5 Å². The van der Waals surface area contributed by atoms with E-state index in [1.807, 2.05) is 24.3 Å². The first-order valence-corrected chi connectivity index (χ1v) is 10.6. The molecule has 150 valence electrons. The summed E-state index contributed by atoms with van der Waals surface area (Å²) in [4.78, 5) is 12.4. The lowest BCUT2D eigenvalue weighted by Gasteiger charge is -2.32. The molecule has 2 N–H and O–H groups in total. The maximum Gasteiger partial charge on any atom is 0.220 e. The van der Waals surface area contributed by atoms with E-state index >= 15 is 0 Å². The summed E-state index contributed by atoms with van der Waals surface area (Å²) in [5, 5.41) is 6.61. The number of nitrogens with one attached hydrogen (secondary N) is 2. The molecule has 27 heavy (non-hydrogen) atoms. The number of hydrogen-bond donors (Lipinski definition) is 2. The van der Waals surface area contributed by atoms with Crippen LogP contribution in [0.3, 0.4) is 0 Å². The van der Waals surface area contributed by atoms with Gasteiger partial charge in [0.1, 0.15) is 17.6 Å². The standard InChI is InChI=1S/C22H34N2O3/c1-2-15-26-18-8-10-19(11-9-18)27-21-6-4-3-5-20(21)24-22(25)12-7-17-13-14-23-16-17/h8-11,17,20-21,23H,2-7,12-16H2,1H3,(H,24,25). The summed E-state index contributed by atoms with van der Waals surface area (Å²) in [7, 11) is 0. The van der Waals surface area contributed by atoms with Crippen LogP contribution in [0.25, 0.3) is 0 Å². The molecule has 1 saturated carbocycles. The molecule has 3 atom stereocenters. The minimum Gasteiger partial charge on any atom is -0.494 e. The van der Waals surface area contributed by atoms with E-state index in [-0.39, 0.29) is 18.1 Å². The molecule has 1 aromatic rings. The fourth-order valence-corrected chi connectivity index (χ4v) is 3.99. The van der Waals surface area contributed by atoms with Gasteiger partial charge in [-0.3, -0.25) is 4.79 Å². The number of amides is 1. The first-order chi connectivity index (χ1) is 13.2. The number of ether oxygens (including phenoxy) is 2. The summed E-state index contributed by atoms with van der Waals surface area (Å²) in [5.74, 6) is 2.55. The third kappa shape index (κ3) is 6.42. The van der Waals surface area contributed by atoms with Crippen molar-refractivity contribution in [1.29, 1.82) is 0 Å². The molecule has 1 aliphatic heterocycles. The Morgan fingerprint density at radius 2 is 1.93 bits per heavy atom. The van der Waals surface area contributed by atoms with E-state index in [4.69, 9.17) is 9.47 Å². The Morgan fingerprint density at radius 3 is 2.67 bits per heavy atom. The van der Waals surface area contributed by atoms with Gasteiger partial charge in [0, 0.05) is 6.42 Å². The Bertz CT molecular complexity index is 569. The molecular formula is C22H34N2O3. The third-order valence-electron chi connectivity index (χ3n) is 5.58. The van der Waals surface area contributed by atoms with Gasteiger partial charge < -0.3 is 20.1 Å². The summed E-state index contributed by atoms with van der Waals surface area (Å²) >= 11 is 0. The van der Waals surface area contributed by atoms with Gasteiger partial charge in [-0.2, -0.15) is 0 Å². The van der Waals surface area contributed by atoms with E-state index in [1.165, 1.54) is 6.42 Å². The molecule has 1 amide bonds. The number of carbonyl (C=O) groups excluding carboxylic acids is 1. The predicted molar refractivity (Wildman–Crippen MR) is 107 cm³/mol. The Hall–Kier alpha value is -1.75. The SMILES string of the molecule is CCCOc1ccc(OC2CCCCC2NC(=O)CCC2CCNC2)cc1. The van der Waals surface area contributed by atoms with Crippen LogP contribution < -0.4 is 20.1 Å². The van der Waals surface area contributed by atoms with Gasteiger partial charge in [0.25, 0.3) is 0 Å². The second kappa shape index (κ2) is 10.5. The highest BCUT2D eigenvalue weighted by Gasteiger charge is 2.28. The van der Waals surface area contributed by atoms with Crippen molar-refractivity contribution < 1.29 is 14.3 Å². The second-order valence-corrected chi connectivity index (χ2v) is 7.83. The highest BCUT2D eigenvalue weighted by molar-refractivity contribution is 5.76. The van der Waals surface area contributed by atoms with Crippen LogP contribution in [0.4, 0.5) is 0 Å². The van der Waals surface area contributed by atoms with Crippen molar-refractivity contribution in [3.8, 4) is 11.5 Å². The zero-order chi connectivity index (χ0) is 18.9. The molecule has 0 bridgehead atoms. The lowest BCUT2D eigenvalue weighted by Crippen LogP contribution is -2.47. The van der Waals surface area contributed by atoms with E-state index in [9.17, 15) is 4.79 Å². The van der Waals surface area contributed by atoms with E-state index in [0.717, 1.165) is 69.7 Å². The van der Waals surface area contributed by atoms with Crippen molar-refractivity contribution in [3.63, 3.8) is 0 Å². The van der Waals surface area contributed by atoms with E-state index in [0.29, 0.717) is 12.3 Å². The largest absolute Gasteiger partial charge is 0.494 e. The van der Waals surface area contributed by atoms with Crippen LogP contribution in [-0.2, 0) is 4.79 Å². The summed E-state index contributed by atoms with van der Waals surface area (Å²) in [6.45, 7) is 4.97. The predicted octanol–water partition coefficient (Wildman–Crippen LogP) is 3.67. The molecule has 0 spiro atoms. The normalized spacial score (nSPS) is 25.1. The van der Waals surface area contributed by atoms with Crippen LogP contribution in [0.15, 0.2) is 24.3 Å². The average Bonchev–Trinajstić information content (AvgIpc) is 3.21. The first-order valence-electron chi connectivity index (χ1n) is 10.6. The zero-order valence-corrected chi connectivity index (χ0v) is 16.5. The molecule has 0 aromatic heterocycles. The summed E-state index contributed by atoms with van der Waals surface area (Å²) in [6.07, 6.45) is 8.15. The fourth-order valence-electron chi connectivity index (χ4n) is 3.99. The van der Waals surface area contributed by atoms with Crippen LogP contribution in [0.1, 0.15) is 58.3 Å². The minimum absolute atomic E-state index is 0.0539. The van der Waals surface area contributed by atoms with E-state index < -0.39 is 0 Å². The summed E-state index contributed by atoms with van der Waals surface area (Å²) < 4.78 is 11.9. The zero-order valence-electron chi connectivity index (χ0n) is 16.5. The lowest BCUT2D eigenvalue weighted by atomic mass is 9.92. The lowest BCUT2D eigenvalue weighted by molar-refractivity contribution is -0.123. The first kappa shape index (κ1) is 20.0. The smallest absolute Gasteiger partial charge is 0.220 e. The van der Waals surface area contributed by atoms with Gasteiger partial charge >= 0.3 is 0 Å². The quantitative estimate of drug-likeness (QED) is 0.692. The van der Waals surface area contributed by atoms with Gasteiger partial charge in [-0.05, 0) is 81.8 Å². The molecule has 1 heterocycles. The Kier molecular flexibility index (Phi) is 7.81. The van der Waals surface area contributed by atoms with Crippen LogP contribution in [0.2, 0.25) is 0 Å². The molecule has 2 fully saturated rings. The summed E-state index contributed by atoms with van der Waals surface area (Å²) in [6, 6.07) is 7.95. The van der Waals surface area contributed by atoms with Crippen molar-refractivity contribution in [1.82, 2.24) is 10.6 Å². The maximum absolute atomic E-state index is 12.4. The average molecular weight is 375 g/mol. The van der Waals surface area contributed by atoms with Crippen molar-refractivity contribution in [2.24, 2.45) is 5.92 Å². The van der Waals surface area contributed by atoms with Crippen molar-refractivity contribution in [2.75, 3.05) is 19.7 Å². The molecule has 1 saturated heterocycles. The minimum atomic E-state index is 0.0539. The monoisotopic (exact) mass is 374 g/mol. The highest BCUT2D eigenvalue weighted by atomic mass is 16.5. The topological polar surface area (TPSA) is 59.6 Å². The number of rotatable bonds is 9. The number of carbonyl (C=O) groups is 1. The third-order valence-corrected chi connectivity index (χ3v) is 5.58. The van der Waals surface area contributed by atoms with Gasteiger partial charge in [-0.15, -0.1) is 0 Å². The molecule has 5 nitrogen and oxygen atoms in total. The molecule has 3 rings (SSSR count). The van der Waals surface area contributed by atoms with Crippen molar-refractivity contribution in [3.05, 3.63) is 24.3 Å². The van der Waals surface area contributed by atoms with Crippen LogP contribution >= 0.6 is 0 Å². The maximum atomic E-state index is 12.4. The van der Waals surface area contributed by atoms with Gasteiger partial charge in [0.05, 0.1) is 12.6 Å². The van der Waals surface area contributed by atoms with E-state index in [2.05, 4.69) is 17.6 Å². The van der Waals surface area contributed by atoms with Gasteiger partial charge in [0.2, 0.25) is 5.91 Å². The highest BCUT2D eigenvalue weighted by Crippen LogP contribution is 2.26. The molecule has 3 unspecified atom stereocenters. The van der Waals surface area contributed by atoms with Gasteiger partial charge in [-0.1, -0.05) is 13.3 Å². The molecule has 1 aliphatic carbocycles. The second-order valence-electron chi connectivity index (χ2n) is 7.83.